The molecule has 1 fully saturated rings. The normalized spacial score (nSPS) is 15.5. The fraction of sp³-hybridized carbons (Fsp3) is 0.429. The van der Waals surface area contributed by atoms with E-state index in [1.807, 2.05) is 63.4 Å². The first-order chi connectivity index (χ1) is 16.9. The Morgan fingerprint density at radius 3 is 2.66 bits per heavy atom. The quantitative estimate of drug-likeness (QED) is 0.451. The number of aromatic nitrogens is 1. The molecular formula is C28H35N3O4. The first kappa shape index (κ1) is 24.6. The smallest absolute Gasteiger partial charge is 0.243 e. The summed E-state index contributed by atoms with van der Waals surface area (Å²) >= 11 is 0. The van der Waals surface area contributed by atoms with Crippen LogP contribution < -0.4 is 14.8 Å². The molecular weight excluding hydrogens is 442 g/mol. The average molecular weight is 478 g/mol. The highest BCUT2D eigenvalue weighted by atomic mass is 16.5. The standard InChI is InChI=1S/C28H35N3O4/c1-5-35-24-13-12-19(15-25(24)34-4)21(22-17-29-23-10-7-6-9-20(22)23)16-30-28(33)27(18(2)3)31-14-8-11-26(31)32/h6-7,9-10,12-13,15,17-18,21,27,29H,5,8,11,14,16H2,1-4H3,(H,30,33)/t21-,27+/m1/s1. The van der Waals surface area contributed by atoms with Crippen LogP contribution in [0.25, 0.3) is 10.9 Å². The number of nitrogens with one attached hydrogen (secondary N) is 2. The number of ether oxygens (including phenoxy) is 2. The van der Waals surface area contributed by atoms with Gasteiger partial charge in [0.2, 0.25) is 11.8 Å². The number of likely N-dealkylation sites (tertiary alicyclic amines) is 1. The van der Waals surface area contributed by atoms with E-state index in [-0.39, 0.29) is 23.7 Å². The molecule has 2 N–H and O–H groups in total. The highest BCUT2D eigenvalue weighted by Crippen LogP contribution is 2.36. The lowest BCUT2D eigenvalue weighted by Gasteiger charge is -2.30. The van der Waals surface area contributed by atoms with E-state index in [1.54, 1.807) is 12.0 Å². The lowest BCUT2D eigenvalue weighted by Crippen LogP contribution is -2.51. The number of nitrogens with zero attached hydrogens (tertiary/aromatic N) is 1. The zero-order valence-electron chi connectivity index (χ0n) is 21.0. The second kappa shape index (κ2) is 10.8. The van der Waals surface area contributed by atoms with Gasteiger partial charge in [0.05, 0.1) is 13.7 Å². The molecule has 3 aromatic rings. The third-order valence-corrected chi connectivity index (χ3v) is 6.71. The molecule has 0 spiro atoms. The van der Waals surface area contributed by atoms with Gasteiger partial charge in [-0.25, -0.2) is 0 Å². The summed E-state index contributed by atoms with van der Waals surface area (Å²) in [5.74, 6) is 1.19. The van der Waals surface area contributed by atoms with Crippen LogP contribution in [0.2, 0.25) is 0 Å². The summed E-state index contributed by atoms with van der Waals surface area (Å²) in [6.07, 6.45) is 3.33. The van der Waals surface area contributed by atoms with Crippen LogP contribution in [0.5, 0.6) is 11.5 Å². The molecule has 1 aliphatic rings. The number of fused-ring (bicyclic) bond motifs is 1. The maximum absolute atomic E-state index is 13.4. The lowest BCUT2D eigenvalue weighted by molar-refractivity contribution is -0.139. The van der Waals surface area contributed by atoms with E-state index < -0.39 is 6.04 Å². The Kier molecular flexibility index (Phi) is 7.63. The SMILES string of the molecule is CCOc1ccc([C@@H](CNC(=O)[C@H](C(C)C)N2CCCC2=O)c2c[nH]c3ccccc23)cc1OC. The van der Waals surface area contributed by atoms with Gasteiger partial charge < -0.3 is 24.7 Å². The van der Waals surface area contributed by atoms with Crippen molar-refractivity contribution in [3.05, 3.63) is 59.8 Å². The average Bonchev–Trinajstić information content (AvgIpc) is 3.46. The molecule has 7 heteroatoms. The fourth-order valence-electron chi connectivity index (χ4n) is 5.04. The van der Waals surface area contributed by atoms with Crippen molar-refractivity contribution >= 4 is 22.7 Å². The lowest BCUT2D eigenvalue weighted by atomic mass is 9.90. The van der Waals surface area contributed by atoms with Crippen LogP contribution in [0, 0.1) is 5.92 Å². The second-order valence-electron chi connectivity index (χ2n) is 9.31. The minimum atomic E-state index is -0.469. The second-order valence-corrected chi connectivity index (χ2v) is 9.31. The van der Waals surface area contributed by atoms with Crippen molar-refractivity contribution in [2.45, 2.75) is 45.6 Å². The van der Waals surface area contributed by atoms with Crippen molar-refractivity contribution in [2.75, 3.05) is 26.8 Å². The first-order valence-electron chi connectivity index (χ1n) is 12.4. The third kappa shape index (κ3) is 5.14. The van der Waals surface area contributed by atoms with Gasteiger partial charge >= 0.3 is 0 Å². The number of carbonyl (C=O) groups is 2. The van der Waals surface area contributed by atoms with Crippen molar-refractivity contribution in [3.63, 3.8) is 0 Å². The highest BCUT2D eigenvalue weighted by Gasteiger charge is 2.35. The third-order valence-electron chi connectivity index (χ3n) is 6.71. The van der Waals surface area contributed by atoms with Gasteiger partial charge in [0.15, 0.2) is 11.5 Å². The van der Waals surface area contributed by atoms with Crippen LogP contribution in [0.3, 0.4) is 0 Å². The van der Waals surface area contributed by atoms with Crippen LogP contribution in [0.15, 0.2) is 48.7 Å². The molecule has 2 aromatic carbocycles. The van der Waals surface area contributed by atoms with Crippen LogP contribution in [-0.2, 0) is 9.59 Å². The molecule has 0 bridgehead atoms. The molecule has 0 unspecified atom stereocenters. The molecule has 0 aliphatic carbocycles. The monoisotopic (exact) mass is 477 g/mol. The van der Waals surface area contributed by atoms with Crippen LogP contribution in [0.1, 0.15) is 50.7 Å². The molecule has 2 amide bonds. The summed E-state index contributed by atoms with van der Waals surface area (Å²) in [6.45, 7) is 7.49. The Morgan fingerprint density at radius 1 is 1.17 bits per heavy atom. The highest BCUT2D eigenvalue weighted by molar-refractivity contribution is 5.89. The van der Waals surface area contributed by atoms with Gasteiger partial charge in [-0.1, -0.05) is 38.1 Å². The molecule has 4 rings (SSSR count). The van der Waals surface area contributed by atoms with Gasteiger partial charge in [-0.05, 0) is 48.6 Å². The minimum absolute atomic E-state index is 0.0224. The van der Waals surface area contributed by atoms with Gasteiger partial charge in [0.1, 0.15) is 6.04 Å². The molecule has 0 saturated carbocycles. The van der Waals surface area contributed by atoms with Crippen molar-refractivity contribution in [2.24, 2.45) is 5.92 Å². The molecule has 1 saturated heterocycles. The number of H-pyrrole nitrogens is 1. The van der Waals surface area contributed by atoms with Gasteiger partial charge in [-0.2, -0.15) is 0 Å². The number of methoxy groups -OCH3 is 1. The Balaban J connectivity index is 1.66. The van der Waals surface area contributed by atoms with Crippen molar-refractivity contribution in [3.8, 4) is 11.5 Å². The number of para-hydroxylation sites is 1. The zero-order chi connectivity index (χ0) is 24.9. The molecule has 2 atom stereocenters. The van der Waals surface area contributed by atoms with E-state index >= 15 is 0 Å². The van der Waals surface area contributed by atoms with Crippen LogP contribution in [0.4, 0.5) is 0 Å². The molecule has 0 radical (unpaired) electrons. The molecule has 186 valence electrons. The van der Waals surface area contributed by atoms with Crippen molar-refractivity contribution < 1.29 is 19.1 Å². The number of benzene rings is 2. The number of hydrogen-bond acceptors (Lipinski definition) is 4. The molecule has 7 nitrogen and oxygen atoms in total. The largest absolute Gasteiger partial charge is 0.493 e. The summed E-state index contributed by atoms with van der Waals surface area (Å²) in [7, 11) is 1.63. The zero-order valence-corrected chi connectivity index (χ0v) is 21.0. The summed E-state index contributed by atoms with van der Waals surface area (Å²) < 4.78 is 11.3. The minimum Gasteiger partial charge on any atom is -0.493 e. The number of hydrogen-bond donors (Lipinski definition) is 2. The Bertz CT molecular complexity index is 1190. The van der Waals surface area contributed by atoms with E-state index in [1.165, 1.54) is 0 Å². The summed E-state index contributed by atoms with van der Waals surface area (Å²) in [5.41, 5.74) is 3.14. The van der Waals surface area contributed by atoms with E-state index in [0.29, 0.717) is 37.6 Å². The van der Waals surface area contributed by atoms with Gasteiger partial charge in [0.25, 0.3) is 0 Å². The van der Waals surface area contributed by atoms with Gasteiger partial charge in [0, 0.05) is 42.5 Å². The number of rotatable bonds is 10. The maximum atomic E-state index is 13.4. The summed E-state index contributed by atoms with van der Waals surface area (Å²) in [4.78, 5) is 30.9. The van der Waals surface area contributed by atoms with Crippen LogP contribution in [-0.4, -0.2) is 54.5 Å². The first-order valence-corrected chi connectivity index (χ1v) is 12.4. The Hall–Kier alpha value is -3.48. The maximum Gasteiger partial charge on any atom is 0.243 e. The van der Waals surface area contributed by atoms with Gasteiger partial charge in [-0.3, -0.25) is 9.59 Å². The predicted molar refractivity (Wildman–Crippen MR) is 137 cm³/mol. The van der Waals surface area contributed by atoms with E-state index in [0.717, 1.165) is 28.5 Å². The molecule has 1 aromatic heterocycles. The fourth-order valence-corrected chi connectivity index (χ4v) is 5.04. The van der Waals surface area contributed by atoms with E-state index in [2.05, 4.69) is 16.4 Å². The summed E-state index contributed by atoms with van der Waals surface area (Å²) in [5, 5.41) is 4.28. The van der Waals surface area contributed by atoms with E-state index in [4.69, 9.17) is 9.47 Å². The Labute approximate surface area is 206 Å². The van der Waals surface area contributed by atoms with E-state index in [9.17, 15) is 9.59 Å². The van der Waals surface area contributed by atoms with Crippen molar-refractivity contribution in [1.82, 2.24) is 15.2 Å². The van der Waals surface area contributed by atoms with Crippen LogP contribution >= 0.6 is 0 Å². The number of amides is 2. The molecule has 1 aliphatic heterocycles. The topological polar surface area (TPSA) is 83.7 Å². The Morgan fingerprint density at radius 2 is 1.97 bits per heavy atom. The summed E-state index contributed by atoms with van der Waals surface area (Å²) in [6, 6.07) is 13.6. The van der Waals surface area contributed by atoms with Crippen molar-refractivity contribution in [1.29, 1.82) is 0 Å². The molecule has 2 heterocycles. The molecule has 35 heavy (non-hydrogen) atoms. The predicted octanol–water partition coefficient (Wildman–Crippen LogP) is 4.47. The van der Waals surface area contributed by atoms with Gasteiger partial charge in [-0.15, -0.1) is 0 Å². The number of aromatic amines is 1. The number of carbonyl (C=O) groups excluding carboxylic acids is 2.